The van der Waals surface area contributed by atoms with Gasteiger partial charge in [0.2, 0.25) is 0 Å². The standard InChI is InChI=1S/C23H28Cl2FN3O2/c1-23(2,3)31-22(30)29-12-10-28(11-13-29)18-6-7-20(26)21(15-18)27-9-8-16-4-5-17(24)14-19(16)25/h4-7,14-15,27H,8-13H2,1-3H3. The Kier molecular flexibility index (Phi) is 7.55. The molecule has 8 heteroatoms. The fourth-order valence-electron chi connectivity index (χ4n) is 3.38. The van der Waals surface area contributed by atoms with Crippen molar-refractivity contribution in [1.29, 1.82) is 0 Å². The third-order valence-electron chi connectivity index (χ3n) is 4.97. The first-order valence-corrected chi connectivity index (χ1v) is 11.1. The molecule has 0 spiro atoms. The molecule has 0 unspecified atom stereocenters. The Morgan fingerprint density at radius 2 is 1.81 bits per heavy atom. The fourth-order valence-corrected chi connectivity index (χ4v) is 3.88. The molecule has 5 nitrogen and oxygen atoms in total. The van der Waals surface area contributed by atoms with Crippen molar-refractivity contribution in [2.24, 2.45) is 0 Å². The van der Waals surface area contributed by atoms with Gasteiger partial charge in [-0.3, -0.25) is 0 Å². The summed E-state index contributed by atoms with van der Waals surface area (Å²) >= 11 is 12.1. The van der Waals surface area contributed by atoms with Gasteiger partial charge in [0.15, 0.2) is 0 Å². The minimum atomic E-state index is -0.512. The van der Waals surface area contributed by atoms with Gasteiger partial charge in [0, 0.05) is 48.5 Å². The topological polar surface area (TPSA) is 44.8 Å². The molecule has 0 bridgehead atoms. The number of benzene rings is 2. The minimum Gasteiger partial charge on any atom is -0.444 e. The van der Waals surface area contributed by atoms with Crippen LogP contribution in [0.1, 0.15) is 26.3 Å². The van der Waals surface area contributed by atoms with Crippen molar-refractivity contribution in [3.8, 4) is 0 Å². The first kappa shape index (κ1) is 23.5. The number of carbonyl (C=O) groups excluding carboxylic acids is 1. The van der Waals surface area contributed by atoms with Gasteiger partial charge in [-0.2, -0.15) is 0 Å². The van der Waals surface area contributed by atoms with Gasteiger partial charge in [-0.25, -0.2) is 9.18 Å². The largest absolute Gasteiger partial charge is 0.444 e. The highest BCUT2D eigenvalue weighted by Crippen LogP contribution is 2.25. The molecule has 2 aromatic rings. The Hall–Kier alpha value is -2.18. The van der Waals surface area contributed by atoms with Crippen molar-refractivity contribution in [2.75, 3.05) is 42.9 Å². The molecule has 1 amide bonds. The van der Waals surface area contributed by atoms with E-state index in [2.05, 4.69) is 10.2 Å². The van der Waals surface area contributed by atoms with Gasteiger partial charge in [-0.15, -0.1) is 0 Å². The summed E-state index contributed by atoms with van der Waals surface area (Å²) in [6.07, 6.45) is 0.350. The monoisotopic (exact) mass is 467 g/mol. The summed E-state index contributed by atoms with van der Waals surface area (Å²) in [4.78, 5) is 16.1. The van der Waals surface area contributed by atoms with Crippen LogP contribution in [0.5, 0.6) is 0 Å². The molecular weight excluding hydrogens is 440 g/mol. The number of halogens is 3. The smallest absolute Gasteiger partial charge is 0.410 e. The number of anilines is 2. The van der Waals surface area contributed by atoms with E-state index in [1.54, 1.807) is 23.1 Å². The van der Waals surface area contributed by atoms with E-state index in [1.165, 1.54) is 6.07 Å². The lowest BCUT2D eigenvalue weighted by molar-refractivity contribution is 0.0240. The van der Waals surface area contributed by atoms with Crippen LogP contribution < -0.4 is 10.2 Å². The second-order valence-corrected chi connectivity index (χ2v) is 9.37. The van der Waals surface area contributed by atoms with E-state index in [9.17, 15) is 9.18 Å². The third-order valence-corrected chi connectivity index (χ3v) is 5.56. The van der Waals surface area contributed by atoms with Crippen LogP contribution in [-0.4, -0.2) is 49.3 Å². The highest BCUT2D eigenvalue weighted by molar-refractivity contribution is 6.35. The zero-order chi connectivity index (χ0) is 22.6. The van der Waals surface area contributed by atoms with E-state index in [0.29, 0.717) is 54.9 Å². The fraction of sp³-hybridized carbons (Fsp3) is 0.435. The van der Waals surface area contributed by atoms with Crippen LogP contribution in [-0.2, 0) is 11.2 Å². The van der Waals surface area contributed by atoms with Crippen molar-refractivity contribution < 1.29 is 13.9 Å². The summed E-state index contributed by atoms with van der Waals surface area (Å²) in [6, 6.07) is 10.4. The van der Waals surface area contributed by atoms with Crippen molar-refractivity contribution in [1.82, 2.24) is 4.90 Å². The average Bonchev–Trinajstić information content (AvgIpc) is 2.70. The summed E-state index contributed by atoms with van der Waals surface area (Å²) < 4.78 is 19.8. The summed E-state index contributed by atoms with van der Waals surface area (Å²) in [5.41, 5.74) is 1.80. The second kappa shape index (κ2) is 9.96. The zero-order valence-corrected chi connectivity index (χ0v) is 19.6. The SMILES string of the molecule is CC(C)(C)OC(=O)N1CCN(c2ccc(F)c(NCCc3ccc(Cl)cc3Cl)c2)CC1. The van der Waals surface area contributed by atoms with Crippen LogP contribution in [0.4, 0.5) is 20.6 Å². The molecule has 0 radical (unpaired) electrons. The van der Waals surface area contributed by atoms with Crippen molar-refractivity contribution in [3.05, 3.63) is 57.8 Å². The molecule has 1 heterocycles. The van der Waals surface area contributed by atoms with E-state index in [-0.39, 0.29) is 11.9 Å². The van der Waals surface area contributed by atoms with E-state index in [0.717, 1.165) is 11.3 Å². The van der Waals surface area contributed by atoms with Gasteiger partial charge in [0.1, 0.15) is 11.4 Å². The summed E-state index contributed by atoms with van der Waals surface area (Å²) in [5, 5.41) is 4.35. The number of nitrogens with one attached hydrogen (secondary N) is 1. The molecule has 0 aliphatic carbocycles. The molecule has 1 N–H and O–H groups in total. The molecule has 0 saturated carbocycles. The first-order valence-electron chi connectivity index (χ1n) is 10.3. The molecule has 1 aliphatic heterocycles. The third kappa shape index (κ3) is 6.65. The van der Waals surface area contributed by atoms with Gasteiger partial charge < -0.3 is 19.9 Å². The molecular formula is C23H28Cl2FN3O2. The van der Waals surface area contributed by atoms with Crippen LogP contribution in [0, 0.1) is 5.82 Å². The first-order chi connectivity index (χ1) is 14.6. The number of hydrogen-bond acceptors (Lipinski definition) is 4. The maximum absolute atomic E-state index is 14.3. The lowest BCUT2D eigenvalue weighted by atomic mass is 10.1. The van der Waals surface area contributed by atoms with Crippen molar-refractivity contribution >= 4 is 40.7 Å². The van der Waals surface area contributed by atoms with Gasteiger partial charge >= 0.3 is 6.09 Å². The minimum absolute atomic E-state index is 0.297. The predicted molar refractivity (Wildman–Crippen MR) is 125 cm³/mol. The summed E-state index contributed by atoms with van der Waals surface area (Å²) in [7, 11) is 0. The molecule has 2 aromatic carbocycles. The Balaban J connectivity index is 1.56. The van der Waals surface area contributed by atoms with Gasteiger partial charge in [-0.1, -0.05) is 29.3 Å². The summed E-state index contributed by atoms with van der Waals surface area (Å²) in [5.74, 6) is -0.307. The van der Waals surface area contributed by atoms with Crippen LogP contribution in [0.2, 0.25) is 10.0 Å². The van der Waals surface area contributed by atoms with Crippen LogP contribution in [0.25, 0.3) is 0 Å². The van der Waals surface area contributed by atoms with Crippen molar-refractivity contribution in [3.63, 3.8) is 0 Å². The number of ether oxygens (including phenoxy) is 1. The quantitative estimate of drug-likeness (QED) is 0.599. The number of nitrogens with zero attached hydrogens (tertiary/aromatic N) is 2. The second-order valence-electron chi connectivity index (χ2n) is 8.53. The number of rotatable bonds is 5. The van der Waals surface area contributed by atoms with Crippen LogP contribution in [0.15, 0.2) is 36.4 Å². The molecule has 1 fully saturated rings. The Bertz CT molecular complexity index is 926. The van der Waals surface area contributed by atoms with Gasteiger partial charge in [0.25, 0.3) is 0 Å². The van der Waals surface area contributed by atoms with Gasteiger partial charge in [-0.05, 0) is 63.1 Å². The highest BCUT2D eigenvalue weighted by Gasteiger charge is 2.26. The molecule has 0 aromatic heterocycles. The lowest BCUT2D eigenvalue weighted by Gasteiger charge is -2.36. The molecule has 1 saturated heterocycles. The Morgan fingerprint density at radius 1 is 1.10 bits per heavy atom. The summed E-state index contributed by atoms with van der Waals surface area (Å²) in [6.45, 7) is 8.54. The van der Waals surface area contributed by atoms with E-state index < -0.39 is 5.60 Å². The number of piperazine rings is 1. The Labute approximate surface area is 193 Å². The predicted octanol–water partition coefficient (Wildman–Crippen LogP) is 5.84. The van der Waals surface area contributed by atoms with E-state index in [1.807, 2.05) is 32.9 Å². The number of amides is 1. The number of carbonyl (C=O) groups is 1. The molecule has 3 rings (SSSR count). The zero-order valence-electron chi connectivity index (χ0n) is 18.1. The Morgan fingerprint density at radius 3 is 2.45 bits per heavy atom. The maximum atomic E-state index is 14.3. The normalized spacial score (nSPS) is 14.5. The highest BCUT2D eigenvalue weighted by atomic mass is 35.5. The van der Waals surface area contributed by atoms with E-state index >= 15 is 0 Å². The van der Waals surface area contributed by atoms with E-state index in [4.69, 9.17) is 27.9 Å². The maximum Gasteiger partial charge on any atom is 0.410 e. The molecule has 1 aliphatic rings. The lowest BCUT2D eigenvalue weighted by Crippen LogP contribution is -2.50. The van der Waals surface area contributed by atoms with Crippen LogP contribution >= 0.6 is 23.2 Å². The molecule has 0 atom stereocenters. The van der Waals surface area contributed by atoms with Gasteiger partial charge in [0.05, 0.1) is 5.69 Å². The molecule has 31 heavy (non-hydrogen) atoms. The average molecular weight is 468 g/mol. The molecule has 168 valence electrons. The number of hydrogen-bond donors (Lipinski definition) is 1. The van der Waals surface area contributed by atoms with Crippen molar-refractivity contribution in [2.45, 2.75) is 32.8 Å². The van der Waals surface area contributed by atoms with Crippen LogP contribution in [0.3, 0.4) is 0 Å².